The van der Waals surface area contributed by atoms with Gasteiger partial charge in [0.1, 0.15) is 5.75 Å². The molecule has 2 aromatic carbocycles. The van der Waals surface area contributed by atoms with Crippen molar-refractivity contribution in [3.63, 3.8) is 0 Å². The zero-order chi connectivity index (χ0) is 19.0. The van der Waals surface area contributed by atoms with E-state index in [1.807, 2.05) is 13.8 Å². The second kappa shape index (κ2) is 7.27. The zero-order valence-corrected chi connectivity index (χ0v) is 16.4. The summed E-state index contributed by atoms with van der Waals surface area (Å²) in [7, 11) is 1.70. The molecule has 0 saturated carbocycles. The van der Waals surface area contributed by atoms with Crippen LogP contribution in [0.4, 0.5) is 0 Å². The molecule has 2 bridgehead atoms. The lowest BCUT2D eigenvalue weighted by Gasteiger charge is -2.52. The van der Waals surface area contributed by atoms with Crippen molar-refractivity contribution < 1.29 is 14.6 Å². The number of aryl methyl sites for hydroxylation is 2. The number of ether oxygens (including phenoxy) is 2. The maximum Gasteiger partial charge on any atom is 0.124 e. The molecule has 1 N–H and O–H groups in total. The van der Waals surface area contributed by atoms with Crippen molar-refractivity contribution in [2.45, 2.75) is 50.9 Å². The number of aliphatic hydroxyl groups is 1. The zero-order valence-electron chi connectivity index (χ0n) is 16.4. The Morgan fingerprint density at radius 3 is 2.22 bits per heavy atom. The van der Waals surface area contributed by atoms with Gasteiger partial charge in [0.05, 0.1) is 25.9 Å². The van der Waals surface area contributed by atoms with Crippen LogP contribution in [0, 0.1) is 13.8 Å². The predicted molar refractivity (Wildman–Crippen MR) is 106 cm³/mol. The van der Waals surface area contributed by atoms with Gasteiger partial charge in [-0.1, -0.05) is 30.3 Å². The van der Waals surface area contributed by atoms with Crippen molar-refractivity contribution in [3.05, 3.63) is 64.7 Å². The topological polar surface area (TPSA) is 41.9 Å². The summed E-state index contributed by atoms with van der Waals surface area (Å²) in [6.45, 7) is 6.37. The largest absolute Gasteiger partial charge is 0.496 e. The molecule has 2 aliphatic heterocycles. The molecular weight excluding hydrogens is 338 g/mol. The molecule has 4 heteroatoms. The van der Waals surface area contributed by atoms with E-state index in [2.05, 4.69) is 47.4 Å². The molecule has 2 aliphatic rings. The number of benzene rings is 2. The van der Waals surface area contributed by atoms with Crippen LogP contribution in [0.2, 0.25) is 0 Å². The lowest BCUT2D eigenvalue weighted by molar-refractivity contribution is -0.149. The number of morpholine rings is 1. The molecule has 0 aliphatic carbocycles. The number of fused-ring (bicyclic) bond motifs is 2. The van der Waals surface area contributed by atoms with Crippen LogP contribution in [0.3, 0.4) is 0 Å². The number of piperidine rings is 1. The van der Waals surface area contributed by atoms with Crippen LogP contribution in [0.1, 0.15) is 35.1 Å². The molecule has 27 heavy (non-hydrogen) atoms. The molecule has 4 nitrogen and oxygen atoms in total. The Kier molecular flexibility index (Phi) is 4.97. The number of hydrogen-bond acceptors (Lipinski definition) is 4. The molecule has 2 saturated heterocycles. The van der Waals surface area contributed by atoms with Crippen molar-refractivity contribution in [1.29, 1.82) is 0 Å². The fourth-order valence-corrected chi connectivity index (χ4v) is 4.87. The molecular formula is C23H29NO3. The molecule has 0 spiro atoms. The first kappa shape index (κ1) is 18.5. The average molecular weight is 367 g/mol. The normalized spacial score (nSPS) is 28.1. The number of methoxy groups -OCH3 is 1. The monoisotopic (exact) mass is 367 g/mol. The molecule has 4 rings (SSSR count). The molecule has 2 heterocycles. The first-order valence-corrected chi connectivity index (χ1v) is 9.75. The molecule has 2 aromatic rings. The summed E-state index contributed by atoms with van der Waals surface area (Å²) in [6.07, 6.45) is 1.39. The van der Waals surface area contributed by atoms with Gasteiger partial charge >= 0.3 is 0 Å². The van der Waals surface area contributed by atoms with E-state index in [0.717, 1.165) is 29.0 Å². The molecule has 2 unspecified atom stereocenters. The fourth-order valence-electron chi connectivity index (χ4n) is 4.87. The van der Waals surface area contributed by atoms with Gasteiger partial charge in [0, 0.05) is 18.6 Å². The quantitative estimate of drug-likeness (QED) is 0.897. The Morgan fingerprint density at radius 2 is 1.67 bits per heavy atom. The summed E-state index contributed by atoms with van der Waals surface area (Å²) < 4.78 is 11.3. The highest BCUT2D eigenvalue weighted by atomic mass is 16.5. The highest BCUT2D eigenvalue weighted by molar-refractivity contribution is 5.45. The average Bonchev–Trinajstić information content (AvgIpc) is 2.63. The van der Waals surface area contributed by atoms with E-state index >= 15 is 0 Å². The highest BCUT2D eigenvalue weighted by Crippen LogP contribution is 2.43. The maximum absolute atomic E-state index is 11.6. The van der Waals surface area contributed by atoms with Crippen LogP contribution in [-0.2, 0) is 16.9 Å². The lowest BCUT2D eigenvalue weighted by Crippen LogP contribution is -2.60. The van der Waals surface area contributed by atoms with E-state index in [4.69, 9.17) is 9.47 Å². The fraction of sp³-hybridized carbons (Fsp3) is 0.478. The van der Waals surface area contributed by atoms with Crippen LogP contribution >= 0.6 is 0 Å². The maximum atomic E-state index is 11.6. The second-order valence-corrected chi connectivity index (χ2v) is 8.09. The predicted octanol–water partition coefficient (Wildman–Crippen LogP) is 3.56. The van der Waals surface area contributed by atoms with Crippen LogP contribution in [0.25, 0.3) is 0 Å². The van der Waals surface area contributed by atoms with Crippen molar-refractivity contribution in [1.82, 2.24) is 4.90 Å². The van der Waals surface area contributed by atoms with E-state index in [0.29, 0.717) is 26.1 Å². The number of rotatable bonds is 4. The van der Waals surface area contributed by atoms with E-state index in [1.54, 1.807) is 7.11 Å². The molecule has 0 radical (unpaired) electrons. The third-order valence-corrected chi connectivity index (χ3v) is 6.11. The molecule has 2 fully saturated rings. The Balaban J connectivity index is 1.61. The van der Waals surface area contributed by atoms with Crippen LogP contribution in [-0.4, -0.2) is 42.4 Å². The molecule has 0 amide bonds. The van der Waals surface area contributed by atoms with Crippen molar-refractivity contribution in [2.75, 3.05) is 20.3 Å². The Hall–Kier alpha value is -1.88. The summed E-state index contributed by atoms with van der Waals surface area (Å²) in [5.41, 5.74) is 3.67. The second-order valence-electron chi connectivity index (χ2n) is 8.09. The highest BCUT2D eigenvalue weighted by Gasteiger charge is 2.47. The van der Waals surface area contributed by atoms with E-state index in [9.17, 15) is 5.11 Å². The van der Waals surface area contributed by atoms with Gasteiger partial charge in [-0.3, -0.25) is 4.90 Å². The minimum absolute atomic E-state index is 0.227. The summed E-state index contributed by atoms with van der Waals surface area (Å²) in [4.78, 5) is 2.52. The third-order valence-electron chi connectivity index (χ3n) is 6.11. The van der Waals surface area contributed by atoms with Gasteiger partial charge in [-0.15, -0.1) is 0 Å². The summed E-state index contributed by atoms with van der Waals surface area (Å²) in [5, 5.41) is 11.6. The van der Waals surface area contributed by atoms with Gasteiger partial charge in [-0.25, -0.2) is 0 Å². The van der Waals surface area contributed by atoms with Gasteiger partial charge < -0.3 is 14.6 Å². The molecule has 0 aromatic heterocycles. The van der Waals surface area contributed by atoms with Gasteiger partial charge in [0.2, 0.25) is 0 Å². The Labute approximate surface area is 161 Å². The summed E-state index contributed by atoms with van der Waals surface area (Å²) in [6, 6.07) is 15.2. The van der Waals surface area contributed by atoms with Crippen LogP contribution in [0.15, 0.2) is 42.5 Å². The third kappa shape index (κ3) is 3.49. The molecule has 144 valence electrons. The molecule has 2 atom stereocenters. The lowest BCUT2D eigenvalue weighted by atomic mass is 9.76. The minimum atomic E-state index is -0.811. The van der Waals surface area contributed by atoms with Gasteiger partial charge in [0.15, 0.2) is 0 Å². The first-order chi connectivity index (χ1) is 13.0. The minimum Gasteiger partial charge on any atom is -0.496 e. The summed E-state index contributed by atoms with van der Waals surface area (Å²) in [5.74, 6) is 0.910. The van der Waals surface area contributed by atoms with Crippen LogP contribution < -0.4 is 4.74 Å². The standard InChI is InChI=1S/C23H29NO3/c1-16-9-19(10-17(2)22(16)26-3)23(25)11-20-14-27-15-21(12-23)24(20)13-18-7-5-4-6-8-18/h4-10,20-21,25H,11-15H2,1-3H3. The van der Waals surface area contributed by atoms with E-state index in [-0.39, 0.29) is 12.1 Å². The Bertz CT molecular complexity index is 768. The van der Waals surface area contributed by atoms with E-state index < -0.39 is 5.60 Å². The van der Waals surface area contributed by atoms with Gasteiger partial charge in [-0.2, -0.15) is 0 Å². The van der Waals surface area contributed by atoms with Crippen molar-refractivity contribution in [3.8, 4) is 5.75 Å². The Morgan fingerprint density at radius 1 is 1.07 bits per heavy atom. The number of hydrogen-bond donors (Lipinski definition) is 1. The summed E-state index contributed by atoms with van der Waals surface area (Å²) >= 11 is 0. The van der Waals surface area contributed by atoms with Gasteiger partial charge in [0.25, 0.3) is 0 Å². The van der Waals surface area contributed by atoms with Gasteiger partial charge in [-0.05, 0) is 61.1 Å². The van der Waals surface area contributed by atoms with Crippen molar-refractivity contribution >= 4 is 0 Å². The number of nitrogens with zero attached hydrogens (tertiary/aromatic N) is 1. The SMILES string of the molecule is COc1c(C)cc(C2(O)CC3COCC(C2)N3Cc2ccccc2)cc1C. The smallest absolute Gasteiger partial charge is 0.124 e. The first-order valence-electron chi connectivity index (χ1n) is 9.75. The van der Waals surface area contributed by atoms with Crippen molar-refractivity contribution in [2.24, 2.45) is 0 Å². The van der Waals surface area contributed by atoms with E-state index in [1.165, 1.54) is 5.56 Å². The van der Waals surface area contributed by atoms with Crippen LogP contribution in [0.5, 0.6) is 5.75 Å².